The van der Waals surface area contributed by atoms with Crippen LogP contribution in [0.2, 0.25) is 5.02 Å². The minimum Gasteiger partial charge on any atom is -0.504 e. The van der Waals surface area contributed by atoms with Crippen molar-refractivity contribution >= 4 is 98.9 Å². The van der Waals surface area contributed by atoms with Crippen LogP contribution in [0.25, 0.3) is 0 Å². The lowest BCUT2D eigenvalue weighted by atomic mass is 10.1. The fraction of sp³-hybridized carbons (Fsp3) is 0.296. The molecule has 1 unspecified atom stereocenters. The fourth-order valence-corrected chi connectivity index (χ4v) is 5.86. The van der Waals surface area contributed by atoms with Crippen molar-refractivity contribution in [3.63, 3.8) is 0 Å². The van der Waals surface area contributed by atoms with Gasteiger partial charge in [0.05, 0.1) is 5.02 Å². The Kier molecular flexibility index (Phi) is 14.0. The number of carboxylic acids is 2. The summed E-state index contributed by atoms with van der Waals surface area (Å²) in [6, 6.07) is -0.725. The molecule has 1 saturated heterocycles. The molecule has 1 aliphatic heterocycles. The van der Waals surface area contributed by atoms with Crippen molar-refractivity contribution in [2.75, 3.05) is 18.8 Å². The van der Waals surface area contributed by atoms with Crippen molar-refractivity contribution in [3.05, 3.63) is 33.8 Å². The van der Waals surface area contributed by atoms with E-state index in [4.69, 9.17) is 22.2 Å². The van der Waals surface area contributed by atoms with Gasteiger partial charge in [-0.25, -0.2) is 20.0 Å². The number of hydrazine groups is 2. The van der Waals surface area contributed by atoms with Crippen LogP contribution in [0.1, 0.15) is 32.0 Å². The second-order valence-electron chi connectivity index (χ2n) is 11.0. The van der Waals surface area contributed by atoms with E-state index in [1.165, 1.54) is 12.3 Å². The molecule has 2 heterocycles. The van der Waals surface area contributed by atoms with E-state index in [9.17, 15) is 64.0 Å². The van der Waals surface area contributed by atoms with Gasteiger partial charge in [-0.2, -0.15) is 0 Å². The highest BCUT2D eigenvalue weighted by atomic mass is 35.5. The number of thiazole rings is 1. The Bertz CT molecular complexity index is 1970. The average Bonchev–Trinajstić information content (AvgIpc) is 3.56. The number of β-lactam (4-membered cyclic amide) rings is 1. The van der Waals surface area contributed by atoms with Crippen molar-refractivity contribution < 1.29 is 68.8 Å². The molecule has 0 spiro atoms. The third kappa shape index (κ3) is 10.3. The van der Waals surface area contributed by atoms with E-state index in [0.717, 1.165) is 46.5 Å². The Balaban J connectivity index is 1.68. The van der Waals surface area contributed by atoms with Gasteiger partial charge in [0.1, 0.15) is 23.7 Å². The number of urea groups is 1. The molecule has 1 aromatic heterocycles. The molecule has 1 aromatic carbocycles. The zero-order chi connectivity index (χ0) is 41.4. The largest absolute Gasteiger partial charge is 0.504 e. The predicted octanol–water partition coefficient (Wildman–Crippen LogP) is -2.15. The number of benzene rings is 1. The molecule has 25 nitrogen and oxygen atoms in total. The first-order valence-corrected chi connectivity index (χ1v) is 16.9. The van der Waals surface area contributed by atoms with Crippen LogP contribution in [0.3, 0.4) is 0 Å². The van der Waals surface area contributed by atoms with Crippen LogP contribution >= 0.6 is 34.9 Å². The van der Waals surface area contributed by atoms with E-state index in [1.807, 2.05) is 5.43 Å². The number of phenolic OH excluding ortho intramolecular Hbond substituents is 2. The maximum atomic E-state index is 13.4. The van der Waals surface area contributed by atoms with Gasteiger partial charge in [0.2, 0.25) is 11.5 Å². The number of amides is 7. The molecule has 0 aliphatic carbocycles. The zero-order valence-corrected chi connectivity index (χ0v) is 30.6. The number of nitrogen functional groups attached to an aromatic ring is 1. The van der Waals surface area contributed by atoms with Crippen LogP contribution in [0, 0.1) is 0 Å². The number of aromatic hydroxyl groups is 2. The molecule has 296 valence electrons. The summed E-state index contributed by atoms with van der Waals surface area (Å²) in [6.45, 7) is 2.67. The van der Waals surface area contributed by atoms with Crippen molar-refractivity contribution in [3.8, 4) is 11.5 Å². The molecule has 55 heavy (non-hydrogen) atoms. The highest BCUT2D eigenvalue weighted by Crippen LogP contribution is 2.36. The number of phenols is 2. The zero-order valence-electron chi connectivity index (χ0n) is 28.2. The summed E-state index contributed by atoms with van der Waals surface area (Å²) in [5.41, 5.74) is 8.76. The second-order valence-corrected chi connectivity index (χ2v) is 13.4. The number of rotatable bonds is 13. The monoisotopic (exact) mass is 831 g/mol. The quantitative estimate of drug-likeness (QED) is 0.0195. The van der Waals surface area contributed by atoms with Crippen LogP contribution < -0.4 is 32.8 Å². The number of carbonyl (C=O) groups excluding carboxylic acids is 6. The van der Waals surface area contributed by atoms with E-state index < -0.39 is 99.0 Å². The molecule has 0 bridgehead atoms. The summed E-state index contributed by atoms with van der Waals surface area (Å²) in [4.78, 5) is 109. The second kappa shape index (κ2) is 17.9. The molecule has 1 fully saturated rings. The lowest BCUT2D eigenvalue weighted by Gasteiger charge is -2.46. The number of carbonyl (C=O) groups is 8. The van der Waals surface area contributed by atoms with Gasteiger partial charge < -0.3 is 46.4 Å². The molecule has 0 radical (unpaired) electrons. The van der Waals surface area contributed by atoms with Gasteiger partial charge in [-0.15, -0.1) is 11.3 Å². The first kappa shape index (κ1) is 42.8. The van der Waals surface area contributed by atoms with Gasteiger partial charge in [-0.1, -0.05) is 21.9 Å². The number of aromatic nitrogens is 1. The maximum absolute atomic E-state index is 13.4. The van der Waals surface area contributed by atoms with Crippen LogP contribution in [-0.2, 0) is 38.4 Å². The van der Waals surface area contributed by atoms with E-state index >= 15 is 0 Å². The molecule has 1 aliphatic rings. The Hall–Kier alpha value is -6.61. The number of aliphatic carboxylic acids is 2. The number of nitrogens with one attached hydrogen (secondary N) is 5. The SMILES string of the molecule is CCN(SC1[C@H](NC(=O)/C(=N\OC(C)(C)C(=O)O)c2csc(N)n2)C(=O)N1CC(=O)O)C(=O)NNC(=O)C(=O)NNC(=O)/C(=N\O)c1ccc(O)c(O)c1Cl. The number of nitrogens with zero attached hydrogens (tertiary/aromatic N) is 5. The van der Waals surface area contributed by atoms with Crippen LogP contribution in [-0.4, -0.2) is 129 Å². The van der Waals surface area contributed by atoms with E-state index in [1.54, 1.807) is 16.3 Å². The van der Waals surface area contributed by atoms with E-state index in [0.29, 0.717) is 11.9 Å². The van der Waals surface area contributed by atoms with Crippen LogP contribution in [0.15, 0.2) is 27.8 Å². The average molecular weight is 832 g/mol. The number of hydrogen-bond donors (Lipinski definition) is 11. The Morgan fingerprint density at radius 2 is 1.65 bits per heavy atom. The van der Waals surface area contributed by atoms with Gasteiger partial charge in [0.25, 0.3) is 11.8 Å². The van der Waals surface area contributed by atoms with Crippen molar-refractivity contribution in [2.24, 2.45) is 10.3 Å². The highest BCUT2D eigenvalue weighted by molar-refractivity contribution is 7.98. The van der Waals surface area contributed by atoms with Gasteiger partial charge in [-0.3, -0.25) is 49.3 Å². The molecular formula is C27H30ClN11O14S2. The molecule has 2 aromatic rings. The normalized spacial score (nSPS) is 15.6. The summed E-state index contributed by atoms with van der Waals surface area (Å²) >= 11 is 7.28. The number of anilines is 1. The fourth-order valence-electron chi connectivity index (χ4n) is 3.91. The minimum absolute atomic E-state index is 0.00383. The van der Waals surface area contributed by atoms with Gasteiger partial charge in [0, 0.05) is 17.5 Å². The van der Waals surface area contributed by atoms with Crippen molar-refractivity contribution in [1.82, 2.24) is 41.2 Å². The summed E-state index contributed by atoms with van der Waals surface area (Å²) in [5.74, 6) is -10.9. The number of carboxylic acid groups (broad SMARTS) is 2. The number of oxime groups is 2. The maximum Gasteiger partial charge on any atom is 0.350 e. The third-order valence-corrected chi connectivity index (χ3v) is 9.26. The predicted molar refractivity (Wildman–Crippen MR) is 187 cm³/mol. The Morgan fingerprint density at radius 3 is 2.20 bits per heavy atom. The molecule has 7 amide bonds. The summed E-state index contributed by atoms with van der Waals surface area (Å²) < 4.78 is 0.875. The first-order valence-electron chi connectivity index (χ1n) is 14.9. The van der Waals surface area contributed by atoms with Crippen LogP contribution in [0.4, 0.5) is 9.93 Å². The standard InChI is InChI=1S/C27H30ClN11O14S2/c1-4-39(26(51)35-34-21(47)20(46)33-32-19(45)14(36-52)9-5-6-11(40)17(43)13(9)28)55-23-16(22(48)38(23)7-12(41)42)31-18(44)15(10-8-54-25(29)30-10)37-53-27(2,3)24(49)50/h5-6,8,16,23,40,43,52H,4,7H2,1-3H3,(H2,29,30)(H,31,44)(H,32,45)(H,33,46)(H,34,47)(H,35,51)(H,41,42)(H,49,50)/b36-14-,37-15-/t16-,23?/m1/s1. The van der Waals surface area contributed by atoms with Crippen molar-refractivity contribution in [1.29, 1.82) is 0 Å². The molecule has 0 saturated carbocycles. The number of hydrogen-bond acceptors (Lipinski definition) is 18. The molecule has 12 N–H and O–H groups in total. The van der Waals surface area contributed by atoms with Gasteiger partial charge >= 0.3 is 29.8 Å². The lowest BCUT2D eigenvalue weighted by molar-refractivity contribution is -0.161. The Morgan fingerprint density at radius 1 is 1.04 bits per heavy atom. The number of nitrogens with two attached hydrogens (primary N) is 1. The third-order valence-electron chi connectivity index (χ3n) is 6.79. The van der Waals surface area contributed by atoms with Gasteiger partial charge in [0.15, 0.2) is 28.1 Å². The van der Waals surface area contributed by atoms with Gasteiger partial charge in [-0.05, 0) is 44.9 Å². The van der Waals surface area contributed by atoms with E-state index in [2.05, 4.69) is 20.6 Å². The first-order chi connectivity index (χ1) is 25.7. The topological polar surface area (TPSA) is 377 Å². The summed E-state index contributed by atoms with van der Waals surface area (Å²) in [5, 5.41) is 55.3. The van der Waals surface area contributed by atoms with Crippen LogP contribution in [0.5, 0.6) is 11.5 Å². The summed E-state index contributed by atoms with van der Waals surface area (Å²) in [6.07, 6.45) is 0. The number of likely N-dealkylation sites (tertiary alicyclic amines) is 1. The van der Waals surface area contributed by atoms with Crippen molar-refractivity contribution in [2.45, 2.75) is 37.8 Å². The molecular weight excluding hydrogens is 802 g/mol. The lowest BCUT2D eigenvalue weighted by Crippen LogP contribution is -2.71. The summed E-state index contributed by atoms with van der Waals surface area (Å²) in [7, 11) is 0. The van der Waals surface area contributed by atoms with E-state index in [-0.39, 0.29) is 22.9 Å². The molecule has 2 atom stereocenters. The number of halogens is 1. The molecule has 28 heteroatoms. The minimum atomic E-state index is -1.91. The molecule has 3 rings (SSSR count). The smallest absolute Gasteiger partial charge is 0.350 e. The Labute approximate surface area is 320 Å². The highest BCUT2D eigenvalue weighted by Gasteiger charge is 2.51.